The number of unbranched alkanes of at least 4 members (excludes halogenated alkanes) is 11. The van der Waals surface area contributed by atoms with E-state index >= 15 is 0 Å². The zero-order valence-corrected chi connectivity index (χ0v) is 21.1. The maximum Gasteiger partial charge on any atom is 0.0342 e. The molecule has 0 spiro atoms. The van der Waals surface area contributed by atoms with E-state index in [0.717, 1.165) is 0 Å². The first kappa shape index (κ1) is 26.3. The molecule has 0 saturated heterocycles. The van der Waals surface area contributed by atoms with Gasteiger partial charge in [-0.05, 0) is 43.2 Å². The normalized spacial score (nSPS) is 16.8. The van der Waals surface area contributed by atoms with Gasteiger partial charge in [0, 0.05) is 11.7 Å². The molecule has 0 aliphatic heterocycles. The minimum Gasteiger partial charge on any atom is -0.382 e. The summed E-state index contributed by atoms with van der Waals surface area (Å²) in [6.07, 6.45) is 28.5. The van der Waals surface area contributed by atoms with Crippen molar-refractivity contribution in [2.24, 2.45) is 5.41 Å². The van der Waals surface area contributed by atoms with Crippen molar-refractivity contribution in [3.8, 4) is 0 Å². The molecule has 1 aromatic carbocycles. The summed E-state index contributed by atoms with van der Waals surface area (Å²) in [5, 5.41) is 4.06. The molecular formula is C30H53N. The van der Waals surface area contributed by atoms with Crippen molar-refractivity contribution in [3.05, 3.63) is 30.3 Å². The highest BCUT2D eigenvalue weighted by atomic mass is 14.9. The fourth-order valence-corrected chi connectivity index (χ4v) is 5.86. The second-order valence-electron chi connectivity index (χ2n) is 10.4. The lowest BCUT2D eigenvalue weighted by molar-refractivity contribution is 0.129. The van der Waals surface area contributed by atoms with Gasteiger partial charge in [0.15, 0.2) is 0 Å². The molecule has 1 saturated carbocycles. The van der Waals surface area contributed by atoms with E-state index in [2.05, 4.69) is 49.5 Å². The molecule has 0 amide bonds. The molecule has 1 N–H and O–H groups in total. The Labute approximate surface area is 195 Å². The standard InChI is InChI=1S/C30H53N/c1-3-5-7-9-11-13-19-25-30(26-20-15-21-27-30)29(24-18-12-10-8-6-4-2)31-28-22-16-14-17-23-28/h14,16-17,22-23,29,31H,3-13,15,18-21,24-27H2,1-2H3. The lowest BCUT2D eigenvalue weighted by Gasteiger charge is -2.45. The van der Waals surface area contributed by atoms with Crippen LogP contribution in [0.15, 0.2) is 30.3 Å². The first-order valence-corrected chi connectivity index (χ1v) is 14.1. The summed E-state index contributed by atoms with van der Waals surface area (Å²) in [6, 6.07) is 11.7. The fraction of sp³-hybridized carbons (Fsp3) is 0.800. The third-order valence-corrected chi connectivity index (χ3v) is 7.83. The molecule has 1 nitrogen and oxygen atoms in total. The van der Waals surface area contributed by atoms with Gasteiger partial charge in [0.1, 0.15) is 0 Å². The summed E-state index contributed by atoms with van der Waals surface area (Å²) in [5.74, 6) is 0. The predicted octanol–water partition coefficient (Wildman–Crippen LogP) is 10.3. The zero-order valence-electron chi connectivity index (χ0n) is 21.1. The van der Waals surface area contributed by atoms with Crippen LogP contribution in [0, 0.1) is 5.41 Å². The first-order chi connectivity index (χ1) is 15.3. The Bertz CT molecular complexity index is 516. The highest BCUT2D eigenvalue weighted by molar-refractivity contribution is 5.44. The third-order valence-electron chi connectivity index (χ3n) is 7.83. The number of para-hydroxylation sites is 1. The van der Waals surface area contributed by atoms with E-state index < -0.39 is 0 Å². The number of benzene rings is 1. The van der Waals surface area contributed by atoms with Crippen molar-refractivity contribution < 1.29 is 0 Å². The highest BCUT2D eigenvalue weighted by Crippen LogP contribution is 2.46. The maximum atomic E-state index is 4.06. The number of rotatable bonds is 18. The van der Waals surface area contributed by atoms with Crippen LogP contribution in [0.4, 0.5) is 5.69 Å². The van der Waals surface area contributed by atoms with Gasteiger partial charge in [-0.15, -0.1) is 0 Å². The van der Waals surface area contributed by atoms with Gasteiger partial charge in [-0.25, -0.2) is 0 Å². The molecule has 1 unspecified atom stereocenters. The van der Waals surface area contributed by atoms with Crippen molar-refractivity contribution in [1.82, 2.24) is 0 Å². The predicted molar refractivity (Wildman–Crippen MR) is 140 cm³/mol. The maximum absolute atomic E-state index is 4.06. The molecule has 0 radical (unpaired) electrons. The number of hydrogen-bond donors (Lipinski definition) is 1. The molecule has 2 rings (SSSR count). The van der Waals surface area contributed by atoms with E-state index in [1.165, 1.54) is 134 Å². The van der Waals surface area contributed by atoms with Crippen LogP contribution >= 0.6 is 0 Å². The third kappa shape index (κ3) is 10.5. The second kappa shape index (κ2) is 16.6. The summed E-state index contributed by atoms with van der Waals surface area (Å²) >= 11 is 0. The molecule has 1 fully saturated rings. The Hall–Kier alpha value is -0.980. The first-order valence-electron chi connectivity index (χ1n) is 14.1. The van der Waals surface area contributed by atoms with Gasteiger partial charge in [-0.3, -0.25) is 0 Å². The van der Waals surface area contributed by atoms with E-state index in [4.69, 9.17) is 0 Å². The average molecular weight is 428 g/mol. The van der Waals surface area contributed by atoms with Gasteiger partial charge in [0.2, 0.25) is 0 Å². The second-order valence-corrected chi connectivity index (χ2v) is 10.4. The van der Waals surface area contributed by atoms with Crippen LogP contribution in [-0.4, -0.2) is 6.04 Å². The summed E-state index contributed by atoms with van der Waals surface area (Å²) < 4.78 is 0. The van der Waals surface area contributed by atoms with Crippen molar-refractivity contribution in [2.75, 3.05) is 5.32 Å². The fourth-order valence-electron chi connectivity index (χ4n) is 5.86. The van der Waals surface area contributed by atoms with Gasteiger partial charge in [-0.1, -0.05) is 135 Å². The van der Waals surface area contributed by atoms with E-state index in [1.807, 2.05) is 0 Å². The monoisotopic (exact) mass is 427 g/mol. The molecule has 178 valence electrons. The molecule has 1 aliphatic carbocycles. The number of hydrogen-bond acceptors (Lipinski definition) is 1. The van der Waals surface area contributed by atoms with E-state index in [0.29, 0.717) is 11.5 Å². The van der Waals surface area contributed by atoms with Gasteiger partial charge < -0.3 is 5.32 Å². The molecule has 1 heteroatoms. The Kier molecular flexibility index (Phi) is 14.1. The average Bonchev–Trinajstić information content (AvgIpc) is 2.81. The van der Waals surface area contributed by atoms with Crippen LogP contribution in [0.3, 0.4) is 0 Å². The summed E-state index contributed by atoms with van der Waals surface area (Å²) in [6.45, 7) is 4.63. The summed E-state index contributed by atoms with van der Waals surface area (Å²) in [5.41, 5.74) is 1.86. The Morgan fingerprint density at radius 1 is 0.677 bits per heavy atom. The lowest BCUT2D eigenvalue weighted by atomic mass is 9.65. The Morgan fingerprint density at radius 3 is 1.84 bits per heavy atom. The smallest absolute Gasteiger partial charge is 0.0342 e. The minimum absolute atomic E-state index is 0.529. The topological polar surface area (TPSA) is 12.0 Å². The number of nitrogens with one attached hydrogen (secondary N) is 1. The van der Waals surface area contributed by atoms with Crippen molar-refractivity contribution >= 4 is 5.69 Å². The highest BCUT2D eigenvalue weighted by Gasteiger charge is 2.38. The Morgan fingerprint density at radius 2 is 1.23 bits per heavy atom. The molecule has 1 atom stereocenters. The summed E-state index contributed by atoms with van der Waals surface area (Å²) in [4.78, 5) is 0. The minimum atomic E-state index is 0.529. The molecule has 1 aliphatic rings. The molecule has 0 heterocycles. The quantitative estimate of drug-likeness (QED) is 0.230. The van der Waals surface area contributed by atoms with Crippen molar-refractivity contribution in [1.29, 1.82) is 0 Å². The number of anilines is 1. The zero-order chi connectivity index (χ0) is 22.0. The molecule has 1 aromatic rings. The van der Waals surface area contributed by atoms with Crippen LogP contribution in [0.2, 0.25) is 0 Å². The van der Waals surface area contributed by atoms with E-state index in [-0.39, 0.29) is 0 Å². The van der Waals surface area contributed by atoms with Crippen LogP contribution in [0.1, 0.15) is 142 Å². The Balaban J connectivity index is 1.94. The lowest BCUT2D eigenvalue weighted by Crippen LogP contribution is -2.42. The van der Waals surface area contributed by atoms with Crippen LogP contribution in [-0.2, 0) is 0 Å². The molecule has 31 heavy (non-hydrogen) atoms. The van der Waals surface area contributed by atoms with E-state index in [9.17, 15) is 0 Å². The SMILES string of the molecule is CCCCCCCCCC1(C(CCCCCCCC)Nc2ccccc2)CCCCC1. The molecular weight excluding hydrogens is 374 g/mol. The van der Waals surface area contributed by atoms with Crippen molar-refractivity contribution in [2.45, 2.75) is 148 Å². The van der Waals surface area contributed by atoms with E-state index in [1.54, 1.807) is 0 Å². The van der Waals surface area contributed by atoms with Crippen LogP contribution < -0.4 is 5.32 Å². The van der Waals surface area contributed by atoms with Gasteiger partial charge in [0.05, 0.1) is 0 Å². The molecule has 0 aromatic heterocycles. The van der Waals surface area contributed by atoms with Gasteiger partial charge in [0.25, 0.3) is 0 Å². The summed E-state index contributed by atoms with van der Waals surface area (Å²) in [7, 11) is 0. The molecule has 0 bridgehead atoms. The van der Waals surface area contributed by atoms with Crippen molar-refractivity contribution in [3.63, 3.8) is 0 Å². The van der Waals surface area contributed by atoms with Crippen LogP contribution in [0.25, 0.3) is 0 Å². The van der Waals surface area contributed by atoms with Crippen LogP contribution in [0.5, 0.6) is 0 Å². The van der Waals surface area contributed by atoms with Gasteiger partial charge >= 0.3 is 0 Å². The van der Waals surface area contributed by atoms with Gasteiger partial charge in [-0.2, -0.15) is 0 Å². The largest absolute Gasteiger partial charge is 0.382 e.